The Hall–Kier alpha value is -4.54. The zero-order valence-electron chi connectivity index (χ0n) is 30.0. The average Bonchev–Trinajstić information content (AvgIpc) is 3.95. The number of tetrazole rings is 1. The van der Waals surface area contributed by atoms with E-state index in [0.29, 0.717) is 55.8 Å². The van der Waals surface area contributed by atoms with E-state index < -0.39 is 74.3 Å². The molecule has 1 aromatic carbocycles. The van der Waals surface area contributed by atoms with Crippen molar-refractivity contribution in [2.45, 2.75) is 120 Å². The number of carbonyl (C=O) groups is 4. The second-order valence-electron chi connectivity index (χ2n) is 15.0. The Kier molecular flexibility index (Phi) is 10.6. The summed E-state index contributed by atoms with van der Waals surface area (Å²) in [4.78, 5) is 58.1. The molecule has 3 heterocycles. The number of amides is 4. The Labute approximate surface area is 303 Å². The zero-order chi connectivity index (χ0) is 37.3. The molecule has 5 atom stereocenters. The molecule has 1 aromatic heterocycles. The van der Waals surface area contributed by atoms with Crippen LogP contribution in [0.2, 0.25) is 0 Å². The number of rotatable bonds is 8. The van der Waals surface area contributed by atoms with Gasteiger partial charge in [0.2, 0.25) is 27.7 Å². The van der Waals surface area contributed by atoms with Crippen LogP contribution in [-0.4, -0.2) is 99.0 Å². The van der Waals surface area contributed by atoms with Crippen LogP contribution in [0, 0.1) is 5.92 Å². The van der Waals surface area contributed by atoms with E-state index in [9.17, 15) is 27.6 Å². The molecule has 282 valence electrons. The van der Waals surface area contributed by atoms with Gasteiger partial charge in [0.25, 0.3) is 5.91 Å². The molecule has 2 aliphatic carbocycles. The highest BCUT2D eigenvalue weighted by Crippen LogP contribution is 2.46. The van der Waals surface area contributed by atoms with E-state index in [1.165, 1.54) is 9.70 Å². The maximum absolute atomic E-state index is 14.4. The minimum Gasteiger partial charge on any atom is -0.494 e. The maximum atomic E-state index is 14.4. The highest BCUT2D eigenvalue weighted by atomic mass is 32.2. The monoisotopic (exact) mass is 740 g/mol. The van der Waals surface area contributed by atoms with Crippen molar-refractivity contribution in [1.29, 1.82) is 0 Å². The number of nitrogens with zero attached hydrogens (tertiary/aromatic N) is 5. The van der Waals surface area contributed by atoms with Crippen molar-refractivity contribution in [1.82, 2.24) is 40.5 Å². The molecule has 17 heteroatoms. The van der Waals surface area contributed by atoms with Gasteiger partial charge in [0.15, 0.2) is 0 Å². The van der Waals surface area contributed by atoms with E-state index in [4.69, 9.17) is 9.47 Å². The summed E-state index contributed by atoms with van der Waals surface area (Å²) >= 11 is 0. The van der Waals surface area contributed by atoms with E-state index in [2.05, 4.69) is 30.8 Å². The van der Waals surface area contributed by atoms with Gasteiger partial charge in [0.05, 0.1) is 17.9 Å². The average molecular weight is 741 g/mol. The van der Waals surface area contributed by atoms with E-state index in [1.54, 1.807) is 32.9 Å². The lowest BCUT2D eigenvalue weighted by atomic mass is 10.0. The first-order chi connectivity index (χ1) is 24.7. The second-order valence-corrected chi connectivity index (χ2v) is 17.0. The van der Waals surface area contributed by atoms with Crippen LogP contribution >= 0.6 is 0 Å². The Balaban J connectivity index is 1.29. The molecule has 0 unspecified atom stereocenters. The minimum absolute atomic E-state index is 0.0150. The van der Waals surface area contributed by atoms with Crippen LogP contribution in [-0.2, 0) is 29.1 Å². The van der Waals surface area contributed by atoms with Crippen molar-refractivity contribution in [3.8, 4) is 17.1 Å². The summed E-state index contributed by atoms with van der Waals surface area (Å²) in [6.07, 6.45) is 7.47. The first kappa shape index (κ1) is 37.2. The van der Waals surface area contributed by atoms with Gasteiger partial charge in [-0.05, 0) is 95.7 Å². The molecule has 1 saturated heterocycles. The zero-order valence-corrected chi connectivity index (χ0v) is 30.9. The lowest BCUT2D eigenvalue weighted by molar-refractivity contribution is -0.141. The van der Waals surface area contributed by atoms with Crippen LogP contribution in [0.3, 0.4) is 0 Å². The molecule has 2 aromatic rings. The molecule has 3 N–H and O–H groups in total. The van der Waals surface area contributed by atoms with Gasteiger partial charge in [-0.2, -0.15) is 4.80 Å². The quantitative estimate of drug-likeness (QED) is 0.336. The smallest absolute Gasteiger partial charge is 0.408 e. The molecule has 6 rings (SSSR count). The predicted octanol–water partition coefficient (Wildman–Crippen LogP) is 2.78. The van der Waals surface area contributed by atoms with Crippen molar-refractivity contribution in [3.63, 3.8) is 0 Å². The number of aromatic nitrogens is 4. The van der Waals surface area contributed by atoms with Gasteiger partial charge in [-0.25, -0.2) is 13.2 Å². The van der Waals surface area contributed by atoms with E-state index in [-0.39, 0.29) is 19.4 Å². The molecule has 0 bridgehead atoms. The lowest BCUT2D eigenvalue weighted by Gasteiger charge is -2.30. The topological polar surface area (TPSA) is 204 Å². The number of fused-ring (bicyclic) bond motifs is 2. The van der Waals surface area contributed by atoms with Gasteiger partial charge in [-0.1, -0.05) is 25.0 Å². The van der Waals surface area contributed by atoms with Gasteiger partial charge in [0, 0.05) is 24.4 Å². The largest absolute Gasteiger partial charge is 0.494 e. The summed E-state index contributed by atoms with van der Waals surface area (Å²) in [5, 5.41) is 18.1. The maximum Gasteiger partial charge on any atom is 0.408 e. The fourth-order valence-electron chi connectivity index (χ4n) is 6.76. The van der Waals surface area contributed by atoms with Crippen LogP contribution < -0.4 is 20.1 Å². The Morgan fingerprint density at radius 1 is 1.08 bits per heavy atom. The number of hydrogen-bond donors (Lipinski definition) is 3. The number of benzene rings is 1. The summed E-state index contributed by atoms with van der Waals surface area (Å²) in [5.74, 6) is -1.29. The van der Waals surface area contributed by atoms with E-state index >= 15 is 0 Å². The number of ether oxygens (including phenoxy) is 2. The normalized spacial score (nSPS) is 27.6. The van der Waals surface area contributed by atoms with Gasteiger partial charge >= 0.3 is 6.09 Å². The van der Waals surface area contributed by atoms with Crippen LogP contribution in [0.1, 0.15) is 91.5 Å². The van der Waals surface area contributed by atoms with Gasteiger partial charge < -0.3 is 25.0 Å². The third-order valence-electron chi connectivity index (χ3n) is 9.73. The standard InChI is InChI=1S/C35H48N8O8S/c1-5-50-25-15-13-22(14-16-25)29-38-41-43(39-29)24-19-28-30(44)37-35(32(46)40-52(48,49)26-17-18-26)20-23(35)11-9-7-6-8-10-12-27(31(45)42(28)21-24)36-33(47)51-34(2,3)4/h9,11,13-16,23-24,26-28H,5-8,10,12,17-21H2,1-4H3,(H,36,47)(H,37,44)(H,40,46)/b11-9-/t23-,24-,27+,28+,35-/m1/s1. The number of sulfonamides is 1. The van der Waals surface area contributed by atoms with Crippen LogP contribution in [0.4, 0.5) is 4.79 Å². The summed E-state index contributed by atoms with van der Waals surface area (Å²) in [6, 6.07) is 4.54. The van der Waals surface area contributed by atoms with Gasteiger partial charge in [-0.15, -0.1) is 10.2 Å². The van der Waals surface area contributed by atoms with E-state index in [0.717, 1.165) is 12.8 Å². The molecule has 3 fully saturated rings. The fourth-order valence-corrected chi connectivity index (χ4v) is 8.12. The van der Waals surface area contributed by atoms with Crippen LogP contribution in [0.15, 0.2) is 36.4 Å². The summed E-state index contributed by atoms with van der Waals surface area (Å²) < 4.78 is 38.8. The number of hydrogen-bond acceptors (Lipinski definition) is 11. The van der Waals surface area contributed by atoms with E-state index in [1.807, 2.05) is 31.2 Å². The Bertz CT molecular complexity index is 1800. The Morgan fingerprint density at radius 2 is 1.83 bits per heavy atom. The van der Waals surface area contributed by atoms with Crippen molar-refractivity contribution < 1.29 is 37.1 Å². The number of carbonyl (C=O) groups excluding carboxylic acids is 4. The van der Waals surface area contributed by atoms with Gasteiger partial charge in [-0.3, -0.25) is 19.1 Å². The molecule has 0 radical (unpaired) electrons. The van der Waals surface area contributed by atoms with Gasteiger partial charge in [0.1, 0.15) is 29.0 Å². The first-order valence-electron chi connectivity index (χ1n) is 18.1. The highest BCUT2D eigenvalue weighted by Gasteiger charge is 2.62. The SMILES string of the molecule is CCOc1ccc(-c2nnn([C@@H]3C[C@H]4C(=O)N[C@]5(C(=O)NS(=O)(=O)C6CC6)C[C@H]5/C=C\CCCCC[C@H](NC(=O)OC(C)(C)C)C(=O)N4C3)n2)cc1. The van der Waals surface area contributed by atoms with Crippen molar-refractivity contribution >= 4 is 33.8 Å². The van der Waals surface area contributed by atoms with Crippen LogP contribution in [0.25, 0.3) is 11.4 Å². The van der Waals surface area contributed by atoms with Crippen molar-refractivity contribution in [2.24, 2.45) is 5.92 Å². The molecular weight excluding hydrogens is 692 g/mol. The second kappa shape index (κ2) is 14.8. The fraction of sp³-hybridized carbons (Fsp3) is 0.629. The molecule has 4 amide bonds. The highest BCUT2D eigenvalue weighted by molar-refractivity contribution is 7.91. The van der Waals surface area contributed by atoms with Crippen LogP contribution in [0.5, 0.6) is 5.75 Å². The lowest BCUT2D eigenvalue weighted by Crippen LogP contribution is -2.58. The number of allylic oxidation sites excluding steroid dienone is 1. The Morgan fingerprint density at radius 3 is 2.52 bits per heavy atom. The summed E-state index contributed by atoms with van der Waals surface area (Å²) in [6.45, 7) is 7.61. The molecule has 2 saturated carbocycles. The summed E-state index contributed by atoms with van der Waals surface area (Å²) in [5.41, 5.74) is -1.61. The first-order valence-corrected chi connectivity index (χ1v) is 19.6. The third kappa shape index (κ3) is 8.56. The van der Waals surface area contributed by atoms with Crippen molar-refractivity contribution in [2.75, 3.05) is 13.2 Å². The summed E-state index contributed by atoms with van der Waals surface area (Å²) in [7, 11) is -3.88. The molecule has 2 aliphatic heterocycles. The third-order valence-corrected chi connectivity index (χ3v) is 11.5. The number of alkyl carbamates (subject to hydrolysis) is 1. The molecular formula is C35H48N8O8S. The number of nitrogens with one attached hydrogen (secondary N) is 3. The molecule has 4 aliphatic rings. The molecule has 16 nitrogen and oxygen atoms in total. The predicted molar refractivity (Wildman–Crippen MR) is 188 cm³/mol. The van der Waals surface area contributed by atoms with Crippen molar-refractivity contribution in [3.05, 3.63) is 36.4 Å². The molecule has 52 heavy (non-hydrogen) atoms. The minimum atomic E-state index is -3.88. The molecule has 0 spiro atoms.